The van der Waals surface area contributed by atoms with E-state index in [9.17, 15) is 9.59 Å². The van der Waals surface area contributed by atoms with Crippen LogP contribution in [0.4, 0.5) is 0 Å². The van der Waals surface area contributed by atoms with Gasteiger partial charge in [-0.2, -0.15) is 0 Å². The van der Waals surface area contributed by atoms with E-state index in [0.29, 0.717) is 5.56 Å². The number of nitrogens with one attached hydrogen (secondary N) is 1. The minimum absolute atomic E-state index is 0.0374. The fraction of sp³-hybridized carbons (Fsp3) is 0.571. The summed E-state index contributed by atoms with van der Waals surface area (Å²) in [4.78, 5) is 26.5. The molecule has 5 heteroatoms. The molecule has 1 aromatic heterocycles. The molecule has 0 unspecified atom stereocenters. The molecule has 0 saturated heterocycles. The number of H-pyrrole nitrogens is 1. The van der Waals surface area contributed by atoms with Crippen LogP contribution in [-0.2, 0) is 9.53 Å². The summed E-state index contributed by atoms with van der Waals surface area (Å²) in [5.74, 6) is 0.241. The summed E-state index contributed by atoms with van der Waals surface area (Å²) >= 11 is 1.28. The van der Waals surface area contributed by atoms with Crippen molar-refractivity contribution >= 4 is 23.5 Å². The van der Waals surface area contributed by atoms with Gasteiger partial charge in [0.1, 0.15) is 5.60 Å². The molecule has 0 amide bonds. The molecule has 1 N–H and O–H groups in total. The van der Waals surface area contributed by atoms with Gasteiger partial charge in [-0.05, 0) is 40.7 Å². The van der Waals surface area contributed by atoms with E-state index in [1.165, 1.54) is 11.8 Å². The largest absolute Gasteiger partial charge is 0.459 e. The second kappa shape index (κ2) is 6.28. The second-order valence-corrected chi connectivity index (χ2v) is 6.48. The Balaban J connectivity index is 2.40. The van der Waals surface area contributed by atoms with E-state index in [-0.39, 0.29) is 23.3 Å². The maximum absolute atomic E-state index is 12.0. The highest BCUT2D eigenvalue weighted by Crippen LogP contribution is 2.14. The molecule has 1 aromatic rings. The van der Waals surface area contributed by atoms with Crippen LogP contribution in [0.2, 0.25) is 0 Å². The first kappa shape index (κ1) is 15.8. The number of ketones is 1. The van der Waals surface area contributed by atoms with Gasteiger partial charge in [0.15, 0.2) is 5.78 Å². The third-order valence-corrected chi connectivity index (χ3v) is 3.23. The van der Waals surface area contributed by atoms with Crippen molar-refractivity contribution in [2.24, 2.45) is 0 Å². The Bertz CT molecular complexity index is 472. The average molecular weight is 283 g/mol. The van der Waals surface area contributed by atoms with E-state index in [1.54, 1.807) is 0 Å². The number of hydrogen-bond acceptors (Lipinski definition) is 4. The van der Waals surface area contributed by atoms with Gasteiger partial charge in [-0.25, -0.2) is 0 Å². The minimum Gasteiger partial charge on any atom is -0.459 e. The van der Waals surface area contributed by atoms with Crippen LogP contribution in [0.25, 0.3) is 0 Å². The lowest BCUT2D eigenvalue weighted by atomic mass is 10.2. The SMILES string of the molecule is Cc1cc(C(=O)CSCC(=O)OC(C)(C)C)c(C)[nH]1. The van der Waals surface area contributed by atoms with Gasteiger partial charge in [-0.15, -0.1) is 11.8 Å². The minimum atomic E-state index is -0.476. The maximum Gasteiger partial charge on any atom is 0.316 e. The van der Waals surface area contributed by atoms with Crippen molar-refractivity contribution < 1.29 is 14.3 Å². The highest BCUT2D eigenvalue weighted by atomic mass is 32.2. The number of aromatic amines is 1. The third-order valence-electron chi connectivity index (χ3n) is 2.32. The predicted octanol–water partition coefficient (Wildman–Crippen LogP) is 2.89. The number of thioether (sulfide) groups is 1. The Morgan fingerprint density at radius 2 is 1.89 bits per heavy atom. The number of carbonyl (C=O) groups excluding carboxylic acids is 2. The smallest absolute Gasteiger partial charge is 0.316 e. The fourth-order valence-electron chi connectivity index (χ4n) is 1.69. The Kier molecular flexibility index (Phi) is 5.23. The number of rotatable bonds is 5. The summed E-state index contributed by atoms with van der Waals surface area (Å²) in [5.41, 5.74) is 2.07. The highest BCUT2D eigenvalue weighted by Gasteiger charge is 2.17. The van der Waals surface area contributed by atoms with Crippen molar-refractivity contribution in [3.63, 3.8) is 0 Å². The molecule has 19 heavy (non-hydrogen) atoms. The van der Waals surface area contributed by atoms with E-state index >= 15 is 0 Å². The second-order valence-electron chi connectivity index (χ2n) is 5.49. The van der Waals surface area contributed by atoms with E-state index in [2.05, 4.69) is 4.98 Å². The molecular weight excluding hydrogens is 262 g/mol. The molecule has 0 saturated carbocycles. The van der Waals surface area contributed by atoms with E-state index in [0.717, 1.165) is 11.4 Å². The molecule has 0 aliphatic heterocycles. The molecule has 0 aliphatic carbocycles. The lowest BCUT2D eigenvalue weighted by Gasteiger charge is -2.19. The van der Waals surface area contributed by atoms with Crippen LogP contribution < -0.4 is 0 Å². The summed E-state index contributed by atoms with van der Waals surface area (Å²) in [6.07, 6.45) is 0. The van der Waals surface area contributed by atoms with Gasteiger partial charge in [-0.1, -0.05) is 0 Å². The standard InChI is InChI=1S/C14H21NO3S/c1-9-6-11(10(2)15-9)12(16)7-19-8-13(17)18-14(3,4)5/h6,15H,7-8H2,1-5H3. The number of carbonyl (C=O) groups is 2. The summed E-state index contributed by atoms with van der Waals surface area (Å²) < 4.78 is 5.18. The van der Waals surface area contributed by atoms with Crippen LogP contribution in [-0.4, -0.2) is 33.8 Å². The lowest BCUT2D eigenvalue weighted by molar-refractivity contribution is -0.151. The molecule has 0 spiro atoms. The number of ether oxygens (including phenoxy) is 1. The van der Waals surface area contributed by atoms with Crippen molar-refractivity contribution in [1.29, 1.82) is 0 Å². The molecule has 0 aliphatic rings. The molecule has 106 valence electrons. The van der Waals surface area contributed by atoms with Gasteiger partial charge in [0.05, 0.1) is 11.5 Å². The quantitative estimate of drug-likeness (QED) is 0.667. The molecule has 0 bridgehead atoms. The molecule has 1 rings (SSSR count). The maximum atomic E-state index is 12.0. The lowest BCUT2D eigenvalue weighted by Crippen LogP contribution is -2.25. The molecule has 0 aromatic carbocycles. The topological polar surface area (TPSA) is 59.2 Å². The van der Waals surface area contributed by atoms with Gasteiger partial charge in [0.2, 0.25) is 0 Å². The van der Waals surface area contributed by atoms with Crippen molar-refractivity contribution in [2.45, 2.75) is 40.2 Å². The Labute approximate surface area is 118 Å². The van der Waals surface area contributed by atoms with Gasteiger partial charge < -0.3 is 9.72 Å². The zero-order valence-electron chi connectivity index (χ0n) is 12.1. The number of Topliss-reactive ketones (excluding diaryl/α,β-unsaturated/α-hetero) is 1. The van der Waals surface area contributed by atoms with Gasteiger partial charge >= 0.3 is 5.97 Å². The Morgan fingerprint density at radius 1 is 1.26 bits per heavy atom. The third kappa shape index (κ3) is 5.51. The number of esters is 1. The van der Waals surface area contributed by atoms with Gasteiger partial charge in [0.25, 0.3) is 0 Å². The molecule has 0 fully saturated rings. The molecule has 0 atom stereocenters. The summed E-state index contributed by atoms with van der Waals surface area (Å²) in [6.45, 7) is 9.27. The Hall–Kier alpha value is -1.23. The van der Waals surface area contributed by atoms with Crippen LogP contribution in [0, 0.1) is 13.8 Å². The predicted molar refractivity (Wildman–Crippen MR) is 77.8 cm³/mol. The van der Waals surface area contributed by atoms with Crippen molar-refractivity contribution in [3.05, 3.63) is 23.0 Å². The number of aromatic nitrogens is 1. The zero-order valence-corrected chi connectivity index (χ0v) is 12.9. The summed E-state index contributed by atoms with van der Waals surface area (Å²) in [5, 5.41) is 0. The first-order chi connectivity index (χ1) is 8.69. The van der Waals surface area contributed by atoms with E-state index in [1.807, 2.05) is 40.7 Å². The molecule has 0 radical (unpaired) electrons. The summed E-state index contributed by atoms with van der Waals surface area (Å²) in [7, 11) is 0. The number of hydrogen-bond donors (Lipinski definition) is 1. The van der Waals surface area contributed by atoms with Crippen molar-refractivity contribution in [3.8, 4) is 0 Å². The van der Waals surface area contributed by atoms with Gasteiger partial charge in [0, 0.05) is 17.0 Å². The van der Waals surface area contributed by atoms with E-state index in [4.69, 9.17) is 4.74 Å². The van der Waals surface area contributed by atoms with Crippen molar-refractivity contribution in [2.75, 3.05) is 11.5 Å². The summed E-state index contributed by atoms with van der Waals surface area (Å²) in [6, 6.07) is 1.84. The number of aryl methyl sites for hydroxylation is 2. The molecular formula is C14H21NO3S. The highest BCUT2D eigenvalue weighted by molar-refractivity contribution is 8.00. The van der Waals surface area contributed by atoms with Crippen LogP contribution in [0.3, 0.4) is 0 Å². The van der Waals surface area contributed by atoms with E-state index < -0.39 is 5.60 Å². The molecule has 4 nitrogen and oxygen atoms in total. The normalized spacial score (nSPS) is 11.4. The first-order valence-electron chi connectivity index (χ1n) is 6.18. The van der Waals surface area contributed by atoms with Crippen LogP contribution in [0.15, 0.2) is 6.07 Å². The zero-order chi connectivity index (χ0) is 14.6. The van der Waals surface area contributed by atoms with Gasteiger partial charge in [-0.3, -0.25) is 9.59 Å². The van der Waals surface area contributed by atoms with Crippen molar-refractivity contribution in [1.82, 2.24) is 4.98 Å². The van der Waals surface area contributed by atoms with Crippen LogP contribution >= 0.6 is 11.8 Å². The van der Waals surface area contributed by atoms with Crippen LogP contribution in [0.1, 0.15) is 42.5 Å². The Morgan fingerprint density at radius 3 is 2.37 bits per heavy atom. The monoisotopic (exact) mass is 283 g/mol. The average Bonchev–Trinajstić information content (AvgIpc) is 2.55. The fourth-order valence-corrected chi connectivity index (χ4v) is 2.36. The first-order valence-corrected chi connectivity index (χ1v) is 7.33. The van der Waals surface area contributed by atoms with Crippen LogP contribution in [0.5, 0.6) is 0 Å². The molecule has 1 heterocycles.